The smallest absolute Gasteiger partial charge is 0.192 e. The van der Waals surface area contributed by atoms with Crippen molar-refractivity contribution in [2.75, 3.05) is 11.9 Å². The van der Waals surface area contributed by atoms with Crippen molar-refractivity contribution in [3.05, 3.63) is 24.1 Å². The maximum Gasteiger partial charge on any atom is 0.192 e. The molecule has 0 saturated carbocycles. The van der Waals surface area contributed by atoms with Gasteiger partial charge in [0.2, 0.25) is 0 Å². The first-order valence-corrected chi connectivity index (χ1v) is 5.86. The van der Waals surface area contributed by atoms with Crippen LogP contribution < -0.4 is 11.1 Å². The first-order valence-electron chi connectivity index (χ1n) is 5.86. The van der Waals surface area contributed by atoms with Crippen molar-refractivity contribution >= 4 is 16.8 Å². The minimum Gasteiger partial charge on any atom is -0.441 e. The zero-order valence-electron chi connectivity index (χ0n) is 10.6. The van der Waals surface area contributed by atoms with E-state index >= 15 is 0 Å². The zero-order valence-corrected chi connectivity index (χ0v) is 10.6. The van der Waals surface area contributed by atoms with Crippen molar-refractivity contribution in [3.8, 4) is 0 Å². The fourth-order valence-corrected chi connectivity index (χ4v) is 1.93. The van der Waals surface area contributed by atoms with E-state index in [1.165, 1.54) is 0 Å². The van der Waals surface area contributed by atoms with Gasteiger partial charge in [-0.3, -0.25) is 0 Å². The van der Waals surface area contributed by atoms with Gasteiger partial charge in [-0.2, -0.15) is 0 Å². The van der Waals surface area contributed by atoms with Gasteiger partial charge in [0, 0.05) is 24.2 Å². The molecule has 0 aliphatic rings. The van der Waals surface area contributed by atoms with E-state index in [4.69, 9.17) is 10.2 Å². The van der Waals surface area contributed by atoms with Crippen molar-refractivity contribution < 1.29 is 4.42 Å². The highest BCUT2D eigenvalue weighted by Gasteiger charge is 2.16. The van der Waals surface area contributed by atoms with Crippen molar-refractivity contribution in [1.82, 2.24) is 4.98 Å². The lowest BCUT2D eigenvalue weighted by molar-refractivity contribution is 0.526. The number of hydrogen-bond donors (Lipinski definition) is 2. The topological polar surface area (TPSA) is 64.1 Å². The summed E-state index contributed by atoms with van der Waals surface area (Å²) in [6, 6.07) is 5.96. The van der Waals surface area contributed by atoms with Gasteiger partial charge in [-0.1, -0.05) is 0 Å². The SMILES string of the molecule is Cc1nc2ccc(NC(C)(C)CCN)cc2o1. The van der Waals surface area contributed by atoms with E-state index < -0.39 is 0 Å². The Morgan fingerprint density at radius 1 is 1.41 bits per heavy atom. The lowest BCUT2D eigenvalue weighted by Gasteiger charge is -2.26. The summed E-state index contributed by atoms with van der Waals surface area (Å²) in [5, 5.41) is 3.45. The number of fused-ring (bicyclic) bond motifs is 1. The summed E-state index contributed by atoms with van der Waals surface area (Å²) in [5.41, 5.74) is 8.32. The fourth-order valence-electron chi connectivity index (χ4n) is 1.93. The minimum atomic E-state index is -0.0164. The quantitative estimate of drug-likeness (QED) is 0.852. The van der Waals surface area contributed by atoms with E-state index in [0.717, 1.165) is 23.2 Å². The molecule has 0 atom stereocenters. The Labute approximate surface area is 101 Å². The first-order chi connectivity index (χ1) is 8.00. The molecular formula is C13H19N3O. The van der Waals surface area contributed by atoms with Crippen LogP contribution in [0.4, 0.5) is 5.69 Å². The molecule has 0 radical (unpaired) electrons. The molecule has 1 aromatic heterocycles. The average Bonchev–Trinajstić information content (AvgIpc) is 2.56. The maximum absolute atomic E-state index is 5.59. The molecule has 92 valence electrons. The van der Waals surface area contributed by atoms with E-state index in [9.17, 15) is 0 Å². The van der Waals surface area contributed by atoms with Gasteiger partial charge in [0.25, 0.3) is 0 Å². The summed E-state index contributed by atoms with van der Waals surface area (Å²) >= 11 is 0. The summed E-state index contributed by atoms with van der Waals surface area (Å²) in [4.78, 5) is 4.27. The Hall–Kier alpha value is -1.55. The largest absolute Gasteiger partial charge is 0.441 e. The molecule has 4 nitrogen and oxygen atoms in total. The number of rotatable bonds is 4. The van der Waals surface area contributed by atoms with Crippen molar-refractivity contribution in [1.29, 1.82) is 0 Å². The average molecular weight is 233 g/mol. The van der Waals surface area contributed by atoms with E-state index in [2.05, 4.69) is 24.1 Å². The van der Waals surface area contributed by atoms with E-state index in [0.29, 0.717) is 12.4 Å². The number of aryl methyl sites for hydroxylation is 1. The van der Waals surface area contributed by atoms with Gasteiger partial charge in [-0.05, 0) is 38.9 Å². The van der Waals surface area contributed by atoms with Crippen molar-refractivity contribution in [3.63, 3.8) is 0 Å². The predicted molar refractivity (Wildman–Crippen MR) is 70.1 cm³/mol. The fraction of sp³-hybridized carbons (Fsp3) is 0.462. The highest BCUT2D eigenvalue weighted by molar-refractivity contribution is 5.77. The van der Waals surface area contributed by atoms with Gasteiger partial charge in [-0.15, -0.1) is 0 Å². The molecule has 4 heteroatoms. The monoisotopic (exact) mass is 233 g/mol. The van der Waals surface area contributed by atoms with Gasteiger partial charge in [-0.25, -0.2) is 4.98 Å². The lowest BCUT2D eigenvalue weighted by Crippen LogP contribution is -2.33. The summed E-state index contributed by atoms with van der Waals surface area (Å²) in [5.74, 6) is 0.693. The number of benzene rings is 1. The second-order valence-electron chi connectivity index (χ2n) is 4.96. The van der Waals surface area contributed by atoms with Crippen LogP contribution in [0.1, 0.15) is 26.2 Å². The maximum atomic E-state index is 5.59. The third-order valence-corrected chi connectivity index (χ3v) is 2.75. The summed E-state index contributed by atoms with van der Waals surface area (Å²) < 4.78 is 5.51. The Bertz CT molecular complexity index is 516. The Kier molecular flexibility index (Phi) is 3.07. The molecule has 1 aromatic carbocycles. The Morgan fingerprint density at radius 2 is 2.18 bits per heavy atom. The van der Waals surface area contributed by atoms with E-state index in [1.807, 2.05) is 25.1 Å². The molecule has 3 N–H and O–H groups in total. The number of aromatic nitrogens is 1. The molecule has 2 rings (SSSR count). The van der Waals surface area contributed by atoms with Gasteiger partial charge in [0.1, 0.15) is 5.52 Å². The van der Waals surface area contributed by atoms with Crippen LogP contribution >= 0.6 is 0 Å². The molecule has 0 amide bonds. The summed E-state index contributed by atoms with van der Waals surface area (Å²) in [6.07, 6.45) is 0.917. The molecule has 2 aromatic rings. The number of anilines is 1. The van der Waals surface area contributed by atoms with Crippen LogP contribution in [-0.2, 0) is 0 Å². The molecule has 0 aliphatic carbocycles. The number of nitrogens with two attached hydrogens (primary N) is 1. The van der Waals surface area contributed by atoms with Gasteiger partial charge in [0.15, 0.2) is 11.5 Å². The molecular weight excluding hydrogens is 214 g/mol. The van der Waals surface area contributed by atoms with E-state index in [-0.39, 0.29) is 5.54 Å². The highest BCUT2D eigenvalue weighted by Crippen LogP contribution is 2.23. The molecule has 17 heavy (non-hydrogen) atoms. The van der Waals surface area contributed by atoms with Crippen LogP contribution in [0, 0.1) is 6.92 Å². The molecule has 0 saturated heterocycles. The van der Waals surface area contributed by atoms with E-state index in [1.54, 1.807) is 0 Å². The molecule has 0 unspecified atom stereocenters. The second-order valence-corrected chi connectivity index (χ2v) is 4.96. The normalized spacial score (nSPS) is 12.0. The van der Waals surface area contributed by atoms with Crippen LogP contribution in [0.3, 0.4) is 0 Å². The van der Waals surface area contributed by atoms with Crippen LogP contribution in [0.25, 0.3) is 11.1 Å². The van der Waals surface area contributed by atoms with Crippen LogP contribution in [-0.4, -0.2) is 17.1 Å². The molecule has 0 fully saturated rings. The van der Waals surface area contributed by atoms with Crippen LogP contribution in [0.5, 0.6) is 0 Å². The predicted octanol–water partition coefficient (Wildman–Crippen LogP) is 2.68. The minimum absolute atomic E-state index is 0.0164. The third kappa shape index (κ3) is 2.77. The van der Waals surface area contributed by atoms with Crippen molar-refractivity contribution in [2.45, 2.75) is 32.7 Å². The number of nitrogens with one attached hydrogen (secondary N) is 1. The van der Waals surface area contributed by atoms with Gasteiger partial charge < -0.3 is 15.5 Å². The number of hydrogen-bond acceptors (Lipinski definition) is 4. The Morgan fingerprint density at radius 3 is 2.88 bits per heavy atom. The second kappa shape index (κ2) is 4.37. The van der Waals surface area contributed by atoms with Crippen LogP contribution in [0.2, 0.25) is 0 Å². The lowest BCUT2D eigenvalue weighted by atomic mass is 10.0. The molecule has 0 bridgehead atoms. The van der Waals surface area contributed by atoms with Crippen LogP contribution in [0.15, 0.2) is 22.6 Å². The summed E-state index contributed by atoms with van der Waals surface area (Å²) in [6.45, 7) is 6.79. The molecule has 1 heterocycles. The Balaban J connectivity index is 2.24. The number of oxazole rings is 1. The molecule has 0 aliphatic heterocycles. The molecule has 0 spiro atoms. The van der Waals surface area contributed by atoms with Crippen molar-refractivity contribution in [2.24, 2.45) is 5.73 Å². The first kappa shape index (κ1) is 11.9. The highest BCUT2D eigenvalue weighted by atomic mass is 16.3. The summed E-state index contributed by atoms with van der Waals surface area (Å²) in [7, 11) is 0. The van der Waals surface area contributed by atoms with Gasteiger partial charge in [0.05, 0.1) is 0 Å². The number of nitrogens with zero attached hydrogens (tertiary/aromatic N) is 1. The standard InChI is InChI=1S/C13H19N3O/c1-9-15-11-5-4-10(8-12(11)17-9)16-13(2,3)6-7-14/h4-5,8,16H,6-7,14H2,1-3H3. The van der Waals surface area contributed by atoms with Gasteiger partial charge >= 0.3 is 0 Å². The zero-order chi connectivity index (χ0) is 12.5. The third-order valence-electron chi connectivity index (χ3n) is 2.75.